The third-order valence-electron chi connectivity index (χ3n) is 5.49. The molecule has 0 atom stereocenters. The number of rotatable bonds is 9. The number of benzene rings is 1. The Hall–Kier alpha value is -2.91. The number of nitrogens with one attached hydrogen (secondary N) is 2. The van der Waals surface area contributed by atoms with E-state index in [2.05, 4.69) is 27.4 Å². The van der Waals surface area contributed by atoms with Crippen LogP contribution >= 0.6 is 23.1 Å². The summed E-state index contributed by atoms with van der Waals surface area (Å²) in [4.78, 5) is 27.2. The summed E-state index contributed by atoms with van der Waals surface area (Å²) in [5.41, 5.74) is 2.74. The molecule has 0 saturated carbocycles. The van der Waals surface area contributed by atoms with Crippen LogP contribution in [0.2, 0.25) is 0 Å². The lowest BCUT2D eigenvalue weighted by molar-refractivity contribution is -0.113. The van der Waals surface area contributed by atoms with Gasteiger partial charge in [0.1, 0.15) is 10.8 Å². The van der Waals surface area contributed by atoms with Crippen molar-refractivity contribution in [1.29, 1.82) is 0 Å². The molecule has 172 valence electrons. The minimum absolute atomic E-state index is 0.137. The minimum atomic E-state index is -0.165. The van der Waals surface area contributed by atoms with Gasteiger partial charge >= 0.3 is 0 Å². The van der Waals surface area contributed by atoms with Gasteiger partial charge in [0.2, 0.25) is 5.91 Å². The lowest BCUT2D eigenvalue weighted by Gasteiger charge is -2.13. The third-order valence-corrected chi connectivity index (χ3v) is 7.67. The number of allylic oxidation sites excluding steroid dienone is 1. The highest BCUT2D eigenvalue weighted by Crippen LogP contribution is 2.38. The standard InChI is InChI=1S/C24H27N5O2S2/c1-3-13-29-16(2)27-28-24(29)32-15-20(30)26-23-21(18-11-7-8-12-19(18)33-23)22(31)25-14-17-9-5-4-6-10-17/h3-6,9-10H,1,7-8,11-15H2,2H3,(H,25,31)(H,26,30). The van der Waals surface area contributed by atoms with Crippen LogP contribution in [-0.4, -0.2) is 32.3 Å². The summed E-state index contributed by atoms with van der Waals surface area (Å²) < 4.78 is 1.91. The lowest BCUT2D eigenvalue weighted by Crippen LogP contribution is -2.25. The van der Waals surface area contributed by atoms with Crippen molar-refractivity contribution in [2.75, 3.05) is 11.1 Å². The number of anilines is 1. The van der Waals surface area contributed by atoms with Crippen molar-refractivity contribution in [2.24, 2.45) is 0 Å². The molecule has 1 aromatic carbocycles. The number of hydrogen-bond acceptors (Lipinski definition) is 6. The number of carbonyl (C=O) groups is 2. The Bertz CT molecular complexity index is 1150. The molecule has 0 aliphatic heterocycles. The fourth-order valence-corrected chi connectivity index (χ4v) is 5.96. The van der Waals surface area contributed by atoms with Crippen LogP contribution in [0.1, 0.15) is 45.0 Å². The summed E-state index contributed by atoms with van der Waals surface area (Å²) in [6, 6.07) is 9.82. The molecule has 0 saturated heterocycles. The number of fused-ring (bicyclic) bond motifs is 1. The van der Waals surface area contributed by atoms with Gasteiger partial charge in [-0.1, -0.05) is 48.2 Å². The first-order chi connectivity index (χ1) is 16.1. The van der Waals surface area contributed by atoms with Gasteiger partial charge in [0.05, 0.1) is 11.3 Å². The topological polar surface area (TPSA) is 88.9 Å². The highest BCUT2D eigenvalue weighted by atomic mass is 32.2. The molecule has 0 unspecified atom stereocenters. The Morgan fingerprint density at radius 1 is 1.21 bits per heavy atom. The lowest BCUT2D eigenvalue weighted by atomic mass is 9.95. The molecule has 9 heteroatoms. The van der Waals surface area contributed by atoms with Crippen LogP contribution in [0.5, 0.6) is 0 Å². The van der Waals surface area contributed by atoms with Gasteiger partial charge in [0.25, 0.3) is 5.91 Å². The van der Waals surface area contributed by atoms with Crippen LogP contribution in [0, 0.1) is 6.92 Å². The number of aryl methyl sites for hydroxylation is 2. The van der Waals surface area contributed by atoms with Crippen molar-refractivity contribution in [1.82, 2.24) is 20.1 Å². The molecule has 1 aliphatic rings. The second kappa shape index (κ2) is 10.8. The minimum Gasteiger partial charge on any atom is -0.348 e. The normalized spacial score (nSPS) is 12.8. The fraction of sp³-hybridized carbons (Fsp3) is 0.333. The van der Waals surface area contributed by atoms with Crippen molar-refractivity contribution < 1.29 is 9.59 Å². The summed E-state index contributed by atoms with van der Waals surface area (Å²) in [5, 5.41) is 15.6. The van der Waals surface area contributed by atoms with Gasteiger partial charge in [-0.05, 0) is 43.7 Å². The van der Waals surface area contributed by atoms with E-state index in [1.54, 1.807) is 6.08 Å². The van der Waals surface area contributed by atoms with Crippen LogP contribution in [0.15, 0.2) is 48.1 Å². The van der Waals surface area contributed by atoms with E-state index < -0.39 is 0 Å². The van der Waals surface area contributed by atoms with Gasteiger partial charge in [-0.3, -0.25) is 9.59 Å². The van der Waals surface area contributed by atoms with Gasteiger partial charge in [-0.25, -0.2) is 0 Å². The molecule has 1 aliphatic carbocycles. The number of thiophene rings is 1. The van der Waals surface area contributed by atoms with Gasteiger partial charge in [0.15, 0.2) is 5.16 Å². The second-order valence-electron chi connectivity index (χ2n) is 7.85. The summed E-state index contributed by atoms with van der Waals surface area (Å²) in [5.74, 6) is 0.660. The number of hydrogen-bond donors (Lipinski definition) is 2. The third kappa shape index (κ3) is 5.54. The predicted molar refractivity (Wildman–Crippen MR) is 133 cm³/mol. The van der Waals surface area contributed by atoms with Crippen LogP contribution in [0.25, 0.3) is 0 Å². The second-order valence-corrected chi connectivity index (χ2v) is 9.90. The zero-order valence-electron chi connectivity index (χ0n) is 18.6. The van der Waals surface area contributed by atoms with E-state index in [1.807, 2.05) is 41.8 Å². The number of carbonyl (C=O) groups excluding carboxylic acids is 2. The summed E-state index contributed by atoms with van der Waals surface area (Å²) in [6.45, 7) is 6.67. The quantitative estimate of drug-likeness (QED) is 0.350. The molecule has 0 bridgehead atoms. The van der Waals surface area contributed by atoms with E-state index in [1.165, 1.54) is 28.0 Å². The molecule has 33 heavy (non-hydrogen) atoms. The Morgan fingerprint density at radius 2 is 2.00 bits per heavy atom. The Balaban J connectivity index is 1.46. The van der Waals surface area contributed by atoms with E-state index in [-0.39, 0.29) is 17.6 Å². The van der Waals surface area contributed by atoms with Gasteiger partial charge < -0.3 is 15.2 Å². The molecular weight excluding hydrogens is 454 g/mol. The maximum absolute atomic E-state index is 13.2. The molecule has 3 aromatic rings. The van der Waals surface area contributed by atoms with E-state index in [9.17, 15) is 9.59 Å². The Labute approximate surface area is 201 Å². The number of thioether (sulfide) groups is 1. The van der Waals surface area contributed by atoms with Crippen LogP contribution in [0.4, 0.5) is 5.00 Å². The Morgan fingerprint density at radius 3 is 2.79 bits per heavy atom. The monoisotopic (exact) mass is 481 g/mol. The van der Waals surface area contributed by atoms with E-state index in [0.29, 0.717) is 28.8 Å². The maximum Gasteiger partial charge on any atom is 0.254 e. The highest BCUT2D eigenvalue weighted by molar-refractivity contribution is 7.99. The van der Waals surface area contributed by atoms with E-state index >= 15 is 0 Å². The van der Waals surface area contributed by atoms with E-state index in [4.69, 9.17) is 0 Å². The molecule has 4 rings (SSSR count). The first-order valence-corrected chi connectivity index (χ1v) is 12.8. The summed E-state index contributed by atoms with van der Waals surface area (Å²) in [7, 11) is 0. The largest absolute Gasteiger partial charge is 0.348 e. The first kappa shape index (κ1) is 23.3. The molecule has 2 amide bonds. The van der Waals surface area contributed by atoms with Crippen molar-refractivity contribution in [3.05, 3.63) is 70.4 Å². The van der Waals surface area contributed by atoms with Crippen molar-refractivity contribution in [3.63, 3.8) is 0 Å². The van der Waals surface area contributed by atoms with E-state index in [0.717, 1.165) is 42.6 Å². The molecule has 0 fully saturated rings. The summed E-state index contributed by atoms with van der Waals surface area (Å²) in [6.07, 6.45) is 5.77. The summed E-state index contributed by atoms with van der Waals surface area (Å²) >= 11 is 2.85. The van der Waals surface area contributed by atoms with Crippen molar-refractivity contribution >= 4 is 39.9 Å². The molecule has 0 spiro atoms. The molecule has 2 N–H and O–H groups in total. The van der Waals surface area contributed by atoms with Crippen LogP contribution in [0.3, 0.4) is 0 Å². The maximum atomic E-state index is 13.2. The first-order valence-electron chi connectivity index (χ1n) is 11.0. The Kier molecular flexibility index (Phi) is 7.61. The average molecular weight is 482 g/mol. The number of amides is 2. The van der Waals surface area contributed by atoms with Crippen LogP contribution in [-0.2, 0) is 30.7 Å². The molecule has 2 heterocycles. The SMILES string of the molecule is C=CCn1c(C)nnc1SCC(=O)Nc1sc2c(c1C(=O)NCc1ccccc1)CCCC2. The van der Waals surface area contributed by atoms with Crippen molar-refractivity contribution in [3.8, 4) is 0 Å². The van der Waals surface area contributed by atoms with Crippen LogP contribution < -0.4 is 10.6 Å². The zero-order valence-corrected chi connectivity index (χ0v) is 20.2. The van der Waals surface area contributed by atoms with Crippen molar-refractivity contribution in [2.45, 2.75) is 50.9 Å². The number of nitrogens with zero attached hydrogens (tertiary/aromatic N) is 3. The predicted octanol–water partition coefficient (Wildman–Crippen LogP) is 4.37. The van der Waals surface area contributed by atoms with Gasteiger partial charge in [0, 0.05) is 18.0 Å². The van der Waals surface area contributed by atoms with Gasteiger partial charge in [-0.2, -0.15) is 0 Å². The average Bonchev–Trinajstić information content (AvgIpc) is 3.37. The molecule has 0 radical (unpaired) electrons. The zero-order chi connectivity index (χ0) is 23.2. The molecule has 7 nitrogen and oxygen atoms in total. The highest BCUT2D eigenvalue weighted by Gasteiger charge is 2.26. The molecular formula is C24H27N5O2S2. The smallest absolute Gasteiger partial charge is 0.254 e. The number of aromatic nitrogens is 3. The molecule has 2 aromatic heterocycles. The van der Waals surface area contributed by atoms with Gasteiger partial charge in [-0.15, -0.1) is 28.1 Å². The fourth-order valence-electron chi connectivity index (χ4n) is 3.86.